The average molecular weight is 478 g/mol. The van der Waals surface area contributed by atoms with Crippen molar-refractivity contribution in [3.63, 3.8) is 0 Å². The lowest BCUT2D eigenvalue weighted by Crippen LogP contribution is -2.14. The number of ether oxygens (including phenoxy) is 3. The molecule has 2 aliphatic rings. The molecule has 0 radical (unpaired) electrons. The van der Waals surface area contributed by atoms with Crippen LogP contribution in [0.1, 0.15) is 10.4 Å². The molecular formula is C21H23N3O6S2. The number of carbonyl (C=O) groups is 1. The molecular weight excluding hydrogens is 454 g/mol. The average Bonchev–Trinajstić information content (AvgIpc) is 3.25. The number of benzene rings is 2. The van der Waals surface area contributed by atoms with Gasteiger partial charge in [0.25, 0.3) is 5.91 Å². The first-order chi connectivity index (χ1) is 15.3. The SMILES string of the molecule is COc1cc(NC(=O)c2cccc(NC3=N[C@H]4CS(=O)(=O)C[C@@H]4S3)c2)cc(OC)c1OC. The number of hydrogen-bond donors (Lipinski definition) is 2. The maximum atomic E-state index is 12.8. The fourth-order valence-electron chi connectivity index (χ4n) is 3.63. The van der Waals surface area contributed by atoms with Crippen LogP contribution in [-0.2, 0) is 9.84 Å². The largest absolute Gasteiger partial charge is 0.493 e. The van der Waals surface area contributed by atoms with Gasteiger partial charge >= 0.3 is 0 Å². The molecule has 0 aliphatic carbocycles. The second-order valence-electron chi connectivity index (χ2n) is 7.31. The van der Waals surface area contributed by atoms with Crippen LogP contribution in [-0.4, -0.2) is 63.6 Å². The molecule has 2 aliphatic heterocycles. The van der Waals surface area contributed by atoms with Crippen molar-refractivity contribution in [2.24, 2.45) is 4.99 Å². The van der Waals surface area contributed by atoms with Crippen LogP contribution >= 0.6 is 11.8 Å². The van der Waals surface area contributed by atoms with E-state index in [4.69, 9.17) is 14.2 Å². The Hall–Kier alpha value is -2.92. The Kier molecular flexibility index (Phi) is 6.20. The summed E-state index contributed by atoms with van der Waals surface area (Å²) < 4.78 is 39.4. The maximum absolute atomic E-state index is 12.8. The summed E-state index contributed by atoms with van der Waals surface area (Å²) in [5, 5.41) is 6.64. The smallest absolute Gasteiger partial charge is 0.255 e. The summed E-state index contributed by atoms with van der Waals surface area (Å²) in [6.45, 7) is 0. The lowest BCUT2D eigenvalue weighted by atomic mass is 10.1. The van der Waals surface area contributed by atoms with Crippen LogP contribution in [0.2, 0.25) is 0 Å². The van der Waals surface area contributed by atoms with Crippen molar-refractivity contribution in [2.75, 3.05) is 43.5 Å². The fraction of sp³-hybridized carbons (Fsp3) is 0.333. The van der Waals surface area contributed by atoms with Gasteiger partial charge in [0.1, 0.15) is 0 Å². The van der Waals surface area contributed by atoms with Gasteiger partial charge < -0.3 is 24.8 Å². The minimum Gasteiger partial charge on any atom is -0.493 e. The highest BCUT2D eigenvalue weighted by Crippen LogP contribution is 2.40. The molecule has 11 heteroatoms. The van der Waals surface area contributed by atoms with Gasteiger partial charge in [-0.1, -0.05) is 17.8 Å². The summed E-state index contributed by atoms with van der Waals surface area (Å²) in [6.07, 6.45) is 0. The summed E-state index contributed by atoms with van der Waals surface area (Å²) in [6, 6.07) is 10.1. The molecule has 170 valence electrons. The number of methoxy groups -OCH3 is 3. The molecule has 1 amide bonds. The third-order valence-corrected chi connectivity index (χ3v) is 8.26. The summed E-state index contributed by atoms with van der Waals surface area (Å²) in [5.41, 5.74) is 1.62. The lowest BCUT2D eigenvalue weighted by Gasteiger charge is -2.15. The molecule has 0 unspecified atom stereocenters. The molecule has 0 aromatic heterocycles. The third-order valence-electron chi connectivity index (χ3n) is 5.12. The number of amides is 1. The molecule has 2 N–H and O–H groups in total. The molecule has 2 aromatic carbocycles. The second-order valence-corrected chi connectivity index (χ2v) is 10.7. The zero-order valence-corrected chi connectivity index (χ0v) is 19.4. The number of rotatable bonds is 6. The predicted octanol–water partition coefficient (Wildman–Crippen LogP) is 2.65. The molecule has 1 fully saturated rings. The van der Waals surface area contributed by atoms with E-state index >= 15 is 0 Å². The third kappa shape index (κ3) is 4.63. The zero-order chi connectivity index (χ0) is 22.9. The van der Waals surface area contributed by atoms with Crippen molar-refractivity contribution < 1.29 is 27.4 Å². The number of aliphatic imine (C=N–C) groups is 1. The van der Waals surface area contributed by atoms with E-state index in [1.54, 1.807) is 30.3 Å². The molecule has 0 bridgehead atoms. The number of anilines is 2. The summed E-state index contributed by atoms with van der Waals surface area (Å²) in [5.74, 6) is 1.22. The van der Waals surface area contributed by atoms with Gasteiger partial charge in [-0.2, -0.15) is 0 Å². The minimum absolute atomic E-state index is 0.0472. The van der Waals surface area contributed by atoms with Gasteiger partial charge in [0, 0.05) is 34.3 Å². The van der Waals surface area contributed by atoms with Crippen LogP contribution in [0.4, 0.5) is 11.4 Å². The maximum Gasteiger partial charge on any atom is 0.255 e. The number of sulfone groups is 1. The molecule has 2 atom stereocenters. The van der Waals surface area contributed by atoms with E-state index in [1.807, 2.05) is 6.07 Å². The van der Waals surface area contributed by atoms with Crippen LogP contribution in [0, 0.1) is 0 Å². The van der Waals surface area contributed by atoms with Crippen molar-refractivity contribution in [2.45, 2.75) is 11.3 Å². The van der Waals surface area contributed by atoms with Gasteiger partial charge in [-0.05, 0) is 18.2 Å². The monoisotopic (exact) mass is 477 g/mol. The van der Waals surface area contributed by atoms with E-state index in [-0.39, 0.29) is 28.7 Å². The van der Waals surface area contributed by atoms with Crippen molar-refractivity contribution in [1.29, 1.82) is 0 Å². The van der Waals surface area contributed by atoms with Crippen LogP contribution in [0.15, 0.2) is 41.4 Å². The van der Waals surface area contributed by atoms with Crippen molar-refractivity contribution in [3.8, 4) is 17.2 Å². The van der Waals surface area contributed by atoms with Gasteiger partial charge in [0.15, 0.2) is 26.5 Å². The van der Waals surface area contributed by atoms with Gasteiger partial charge in [0.2, 0.25) is 5.75 Å². The normalized spacial score (nSPS) is 20.8. The molecule has 0 spiro atoms. The van der Waals surface area contributed by atoms with E-state index in [0.29, 0.717) is 39.4 Å². The summed E-state index contributed by atoms with van der Waals surface area (Å²) in [7, 11) is 1.52. The highest BCUT2D eigenvalue weighted by molar-refractivity contribution is 8.15. The highest BCUT2D eigenvalue weighted by Gasteiger charge is 2.42. The highest BCUT2D eigenvalue weighted by atomic mass is 32.2. The minimum atomic E-state index is -3.00. The Morgan fingerprint density at radius 2 is 1.75 bits per heavy atom. The van der Waals surface area contributed by atoms with Crippen LogP contribution < -0.4 is 24.8 Å². The van der Waals surface area contributed by atoms with Crippen molar-refractivity contribution in [1.82, 2.24) is 0 Å². The molecule has 32 heavy (non-hydrogen) atoms. The molecule has 4 rings (SSSR count). The van der Waals surface area contributed by atoms with E-state index in [0.717, 1.165) is 0 Å². The second kappa shape index (κ2) is 8.91. The van der Waals surface area contributed by atoms with E-state index in [2.05, 4.69) is 15.6 Å². The number of nitrogens with one attached hydrogen (secondary N) is 2. The molecule has 2 aromatic rings. The molecule has 9 nitrogen and oxygen atoms in total. The Morgan fingerprint density at radius 1 is 1.03 bits per heavy atom. The summed E-state index contributed by atoms with van der Waals surface area (Å²) in [4.78, 5) is 17.3. The van der Waals surface area contributed by atoms with E-state index < -0.39 is 9.84 Å². The van der Waals surface area contributed by atoms with Crippen molar-refractivity contribution in [3.05, 3.63) is 42.0 Å². The Balaban J connectivity index is 1.48. The van der Waals surface area contributed by atoms with Crippen LogP contribution in [0.25, 0.3) is 0 Å². The van der Waals surface area contributed by atoms with Crippen molar-refractivity contribution >= 4 is 44.0 Å². The Bertz CT molecular complexity index is 1160. The number of carbonyl (C=O) groups excluding carboxylic acids is 1. The first-order valence-electron chi connectivity index (χ1n) is 9.75. The van der Waals surface area contributed by atoms with E-state index in [9.17, 15) is 13.2 Å². The number of fused-ring (bicyclic) bond motifs is 1. The van der Waals surface area contributed by atoms with E-state index in [1.165, 1.54) is 33.1 Å². The summed E-state index contributed by atoms with van der Waals surface area (Å²) >= 11 is 1.43. The molecule has 0 saturated carbocycles. The number of amidine groups is 1. The molecule has 2 heterocycles. The number of hydrogen-bond acceptors (Lipinski definition) is 9. The molecule has 1 saturated heterocycles. The van der Waals surface area contributed by atoms with Crippen LogP contribution in [0.5, 0.6) is 17.2 Å². The van der Waals surface area contributed by atoms with Gasteiger partial charge in [-0.3, -0.25) is 9.79 Å². The van der Waals surface area contributed by atoms with Gasteiger partial charge in [-0.25, -0.2) is 8.42 Å². The van der Waals surface area contributed by atoms with Gasteiger partial charge in [0.05, 0.1) is 38.9 Å². The first-order valence-corrected chi connectivity index (χ1v) is 12.5. The zero-order valence-electron chi connectivity index (χ0n) is 17.7. The Morgan fingerprint density at radius 3 is 2.38 bits per heavy atom. The van der Waals surface area contributed by atoms with Crippen LogP contribution in [0.3, 0.4) is 0 Å². The quantitative estimate of drug-likeness (QED) is 0.653. The number of thioether (sulfide) groups is 1. The topological polar surface area (TPSA) is 115 Å². The standard InChI is InChI=1S/C21H23N3O6S2/c1-28-16-8-14(9-17(29-2)19(16)30-3)22-20(25)12-5-4-6-13(7-12)23-21-24-15-10-32(26,27)11-18(15)31-21/h4-9,15,18H,10-11H2,1-3H3,(H,22,25)(H,23,24)/t15-,18-/m0/s1. The fourth-order valence-corrected chi connectivity index (χ4v) is 7.31. The Labute approximate surface area is 190 Å². The first kappa shape index (κ1) is 22.3. The lowest BCUT2D eigenvalue weighted by molar-refractivity contribution is 0.102. The predicted molar refractivity (Wildman–Crippen MR) is 125 cm³/mol. The number of nitrogens with zero attached hydrogens (tertiary/aromatic N) is 1. The van der Waals surface area contributed by atoms with Gasteiger partial charge in [-0.15, -0.1) is 0 Å².